The molecule has 1 atom stereocenters. The lowest BCUT2D eigenvalue weighted by Gasteiger charge is -2.18. The third kappa shape index (κ3) is 3.36. The van der Waals surface area contributed by atoms with E-state index in [9.17, 15) is 9.18 Å². The highest BCUT2D eigenvalue weighted by Crippen LogP contribution is 2.17. The van der Waals surface area contributed by atoms with Gasteiger partial charge in [-0.25, -0.2) is 9.37 Å². The zero-order chi connectivity index (χ0) is 17.7. The number of hydrogen-bond acceptors (Lipinski definition) is 3. The van der Waals surface area contributed by atoms with Gasteiger partial charge in [-0.15, -0.1) is 0 Å². The van der Waals surface area contributed by atoms with Crippen molar-refractivity contribution in [1.29, 1.82) is 0 Å². The first kappa shape index (κ1) is 17.8. The Hall–Kier alpha value is -2.53. The fraction of sp³-hybridized carbons (Fsp3) is 0.263. The van der Waals surface area contributed by atoms with Gasteiger partial charge in [-0.05, 0) is 50.4 Å². The highest BCUT2D eigenvalue weighted by atomic mass is 19.1. The second-order valence-corrected chi connectivity index (χ2v) is 5.11. The lowest BCUT2D eigenvalue weighted by Crippen LogP contribution is -2.28. The van der Waals surface area contributed by atoms with Crippen molar-refractivity contribution >= 4 is 10.9 Å². The number of aromatic nitrogens is 2. The molecule has 0 bridgehead atoms. The van der Waals surface area contributed by atoms with Gasteiger partial charge in [0.1, 0.15) is 11.6 Å². The van der Waals surface area contributed by atoms with Gasteiger partial charge in [-0.3, -0.25) is 9.36 Å². The minimum Gasteiger partial charge on any atom is -0.311 e. The van der Waals surface area contributed by atoms with E-state index in [2.05, 4.69) is 10.3 Å². The topological polar surface area (TPSA) is 46.9 Å². The number of benzene rings is 2. The molecule has 24 heavy (non-hydrogen) atoms. The van der Waals surface area contributed by atoms with Crippen LogP contribution in [0, 0.1) is 5.82 Å². The summed E-state index contributed by atoms with van der Waals surface area (Å²) in [6.45, 7) is 5.93. The highest BCUT2D eigenvalue weighted by molar-refractivity contribution is 5.77. The first-order valence-electron chi connectivity index (χ1n) is 8.06. The van der Waals surface area contributed by atoms with Gasteiger partial charge in [-0.2, -0.15) is 0 Å². The molecule has 5 heteroatoms. The predicted octanol–water partition coefficient (Wildman–Crippen LogP) is 3.83. The quantitative estimate of drug-likeness (QED) is 0.795. The minimum atomic E-state index is -0.339. The van der Waals surface area contributed by atoms with E-state index in [1.165, 1.54) is 16.7 Å². The molecule has 0 aliphatic heterocycles. The zero-order valence-corrected chi connectivity index (χ0v) is 14.4. The average molecular weight is 327 g/mol. The lowest BCUT2D eigenvalue weighted by molar-refractivity contribution is 0.588. The first-order chi connectivity index (χ1) is 11.6. The molecule has 4 nitrogen and oxygen atoms in total. The number of nitrogens with one attached hydrogen (secondary N) is 1. The van der Waals surface area contributed by atoms with Gasteiger partial charge in [0, 0.05) is 0 Å². The van der Waals surface area contributed by atoms with Gasteiger partial charge in [0.05, 0.1) is 22.6 Å². The number of nitrogens with zero attached hydrogens (tertiary/aromatic N) is 2. The molecule has 126 valence electrons. The van der Waals surface area contributed by atoms with E-state index in [4.69, 9.17) is 0 Å². The number of para-hydroxylation sites is 1. The molecule has 3 rings (SSSR count). The summed E-state index contributed by atoms with van der Waals surface area (Å²) in [5, 5.41) is 3.64. The molecule has 0 aliphatic carbocycles. The molecule has 3 aromatic rings. The van der Waals surface area contributed by atoms with E-state index in [1.807, 2.05) is 39.0 Å². The Balaban J connectivity index is 0.00000100. The van der Waals surface area contributed by atoms with Crippen LogP contribution in [0.1, 0.15) is 32.6 Å². The molecule has 0 radical (unpaired) electrons. The molecule has 0 amide bonds. The lowest BCUT2D eigenvalue weighted by atomic mass is 10.2. The van der Waals surface area contributed by atoms with Gasteiger partial charge in [0.15, 0.2) is 0 Å². The summed E-state index contributed by atoms with van der Waals surface area (Å²) in [5.74, 6) is 0.256. The Morgan fingerprint density at radius 2 is 1.71 bits per heavy atom. The Kier molecular flexibility index (Phi) is 5.82. The molecule has 1 unspecified atom stereocenters. The SMILES string of the molecule is CC.CNC(C)c1nc2ccccc2c(=O)n1-c1ccc(F)cc1. The van der Waals surface area contributed by atoms with Crippen LogP contribution in [0.5, 0.6) is 0 Å². The molecule has 1 aromatic heterocycles. The fourth-order valence-corrected chi connectivity index (χ4v) is 2.41. The third-order valence-electron chi connectivity index (χ3n) is 3.71. The largest absolute Gasteiger partial charge is 0.311 e. The maximum Gasteiger partial charge on any atom is 0.266 e. The number of rotatable bonds is 3. The van der Waals surface area contributed by atoms with Crippen LogP contribution in [-0.2, 0) is 0 Å². The van der Waals surface area contributed by atoms with E-state index in [0.29, 0.717) is 22.4 Å². The Labute approximate surface area is 141 Å². The van der Waals surface area contributed by atoms with Crippen molar-refractivity contribution in [1.82, 2.24) is 14.9 Å². The summed E-state index contributed by atoms with van der Waals surface area (Å²) in [4.78, 5) is 17.5. The fourth-order valence-electron chi connectivity index (χ4n) is 2.41. The summed E-state index contributed by atoms with van der Waals surface area (Å²) in [5.41, 5.74) is 1.10. The molecular formula is C19H22FN3O. The van der Waals surface area contributed by atoms with Crippen molar-refractivity contribution in [3.63, 3.8) is 0 Å². The van der Waals surface area contributed by atoms with Gasteiger partial charge in [-0.1, -0.05) is 26.0 Å². The van der Waals surface area contributed by atoms with Crippen LogP contribution in [0.15, 0.2) is 53.3 Å². The minimum absolute atomic E-state index is 0.123. The van der Waals surface area contributed by atoms with Crippen molar-refractivity contribution in [2.75, 3.05) is 7.05 Å². The molecule has 0 spiro atoms. The van der Waals surface area contributed by atoms with Gasteiger partial charge < -0.3 is 5.32 Å². The average Bonchev–Trinajstić information content (AvgIpc) is 2.63. The Morgan fingerprint density at radius 3 is 2.33 bits per heavy atom. The van der Waals surface area contributed by atoms with Gasteiger partial charge in [0.25, 0.3) is 5.56 Å². The van der Waals surface area contributed by atoms with Crippen molar-refractivity contribution < 1.29 is 4.39 Å². The molecule has 1 heterocycles. The summed E-state index contributed by atoms with van der Waals surface area (Å²) in [6.07, 6.45) is 0. The molecule has 2 aromatic carbocycles. The second-order valence-electron chi connectivity index (χ2n) is 5.11. The summed E-state index contributed by atoms with van der Waals surface area (Å²) < 4.78 is 14.7. The van der Waals surface area contributed by atoms with Crippen molar-refractivity contribution in [3.8, 4) is 5.69 Å². The monoisotopic (exact) mass is 327 g/mol. The smallest absolute Gasteiger partial charge is 0.266 e. The summed E-state index contributed by atoms with van der Waals surface area (Å²) >= 11 is 0. The molecule has 0 saturated carbocycles. The molecular weight excluding hydrogens is 305 g/mol. The van der Waals surface area contributed by atoms with Crippen molar-refractivity contribution in [2.45, 2.75) is 26.8 Å². The standard InChI is InChI=1S/C17H16FN3O.C2H6/c1-11(19-2)16-20-15-6-4-3-5-14(15)17(22)21(16)13-9-7-12(18)8-10-13;1-2/h3-11,19H,1-2H3;1-2H3. The molecule has 1 N–H and O–H groups in total. The maximum absolute atomic E-state index is 13.2. The third-order valence-corrected chi connectivity index (χ3v) is 3.71. The van der Waals surface area contributed by atoms with E-state index >= 15 is 0 Å². The van der Waals surface area contributed by atoms with E-state index in [1.54, 1.807) is 25.2 Å². The van der Waals surface area contributed by atoms with Crippen LogP contribution in [-0.4, -0.2) is 16.6 Å². The molecule has 0 fully saturated rings. The predicted molar refractivity (Wildman–Crippen MR) is 96.1 cm³/mol. The second kappa shape index (κ2) is 7.84. The normalized spacial score (nSPS) is 11.7. The summed E-state index contributed by atoms with van der Waals surface area (Å²) in [7, 11) is 1.81. The van der Waals surface area contributed by atoms with E-state index in [0.717, 1.165) is 0 Å². The van der Waals surface area contributed by atoms with Crippen LogP contribution in [0.4, 0.5) is 4.39 Å². The Bertz CT molecular complexity index is 872. The first-order valence-corrected chi connectivity index (χ1v) is 8.06. The van der Waals surface area contributed by atoms with Crippen LogP contribution < -0.4 is 10.9 Å². The van der Waals surface area contributed by atoms with Crippen LogP contribution in [0.3, 0.4) is 0 Å². The number of hydrogen-bond donors (Lipinski definition) is 1. The van der Waals surface area contributed by atoms with Crippen LogP contribution >= 0.6 is 0 Å². The number of halogens is 1. The van der Waals surface area contributed by atoms with Crippen molar-refractivity contribution in [2.24, 2.45) is 0 Å². The highest BCUT2D eigenvalue weighted by Gasteiger charge is 2.16. The summed E-state index contributed by atoms with van der Waals surface area (Å²) in [6, 6.07) is 12.9. The Morgan fingerprint density at radius 1 is 1.08 bits per heavy atom. The van der Waals surface area contributed by atoms with E-state index in [-0.39, 0.29) is 17.4 Å². The van der Waals surface area contributed by atoms with Crippen LogP contribution in [0.2, 0.25) is 0 Å². The van der Waals surface area contributed by atoms with E-state index < -0.39 is 0 Å². The molecule has 0 saturated heterocycles. The van der Waals surface area contributed by atoms with Gasteiger partial charge in [0.2, 0.25) is 0 Å². The molecule has 0 aliphatic rings. The number of fused-ring (bicyclic) bond motifs is 1. The van der Waals surface area contributed by atoms with Gasteiger partial charge >= 0.3 is 0 Å². The van der Waals surface area contributed by atoms with Crippen molar-refractivity contribution in [3.05, 3.63) is 70.5 Å². The maximum atomic E-state index is 13.2. The van der Waals surface area contributed by atoms with Crippen LogP contribution in [0.25, 0.3) is 16.6 Å². The zero-order valence-electron chi connectivity index (χ0n) is 14.4.